The zero-order valence-electron chi connectivity index (χ0n) is 17.8. The predicted molar refractivity (Wildman–Crippen MR) is 119 cm³/mol. The number of aromatic nitrogens is 1. The van der Waals surface area contributed by atoms with E-state index in [1.165, 1.54) is 7.11 Å². The van der Waals surface area contributed by atoms with Crippen LogP contribution in [-0.2, 0) is 5.41 Å². The number of carbonyl (C=O) groups excluding carboxylic acids is 1. The molecule has 0 radical (unpaired) electrons. The minimum Gasteiger partial charge on any atom is -0.508 e. The van der Waals surface area contributed by atoms with Gasteiger partial charge in [0.15, 0.2) is 0 Å². The molecule has 2 aromatic carbocycles. The van der Waals surface area contributed by atoms with E-state index in [9.17, 15) is 14.7 Å². The lowest BCUT2D eigenvalue weighted by Gasteiger charge is -2.25. The fraction of sp³-hybridized carbons (Fsp3) is 0.250. The first kappa shape index (κ1) is 21.2. The molecule has 156 valence electrons. The van der Waals surface area contributed by atoms with Crippen LogP contribution in [0, 0.1) is 6.92 Å². The van der Waals surface area contributed by atoms with E-state index in [2.05, 4.69) is 10.3 Å². The molecule has 0 spiro atoms. The molecule has 6 nitrogen and oxygen atoms in total. The second kappa shape index (κ2) is 8.06. The van der Waals surface area contributed by atoms with Gasteiger partial charge in [-0.3, -0.25) is 9.59 Å². The molecule has 3 rings (SSSR count). The zero-order valence-corrected chi connectivity index (χ0v) is 17.8. The molecule has 0 bridgehead atoms. The predicted octanol–water partition coefficient (Wildman–Crippen LogP) is 4.61. The van der Waals surface area contributed by atoms with Gasteiger partial charge in [-0.2, -0.15) is 0 Å². The first-order valence-corrected chi connectivity index (χ1v) is 9.64. The highest BCUT2D eigenvalue weighted by molar-refractivity contribution is 6.07. The van der Waals surface area contributed by atoms with Crippen molar-refractivity contribution in [3.8, 4) is 22.6 Å². The summed E-state index contributed by atoms with van der Waals surface area (Å²) in [6.45, 7) is 7.78. The summed E-state index contributed by atoms with van der Waals surface area (Å²) in [6, 6.07) is 11.9. The van der Waals surface area contributed by atoms with Crippen molar-refractivity contribution in [1.29, 1.82) is 0 Å². The molecule has 3 aromatic rings. The Balaban J connectivity index is 2.20. The summed E-state index contributed by atoms with van der Waals surface area (Å²) >= 11 is 0. The average Bonchev–Trinajstić information content (AvgIpc) is 2.70. The van der Waals surface area contributed by atoms with Gasteiger partial charge >= 0.3 is 0 Å². The van der Waals surface area contributed by atoms with Gasteiger partial charge in [-0.25, -0.2) is 0 Å². The quantitative estimate of drug-likeness (QED) is 0.590. The van der Waals surface area contributed by atoms with Crippen LogP contribution in [0.3, 0.4) is 0 Å². The number of phenolic OH excluding ortho intramolecular Hbond substituents is 1. The highest BCUT2D eigenvalue weighted by Gasteiger charge is 2.26. The van der Waals surface area contributed by atoms with Crippen molar-refractivity contribution in [3.05, 3.63) is 75.7 Å². The van der Waals surface area contributed by atoms with Crippen LogP contribution in [-0.4, -0.2) is 23.1 Å². The number of hydrogen-bond donors (Lipinski definition) is 3. The van der Waals surface area contributed by atoms with Crippen molar-refractivity contribution in [2.24, 2.45) is 0 Å². The molecule has 0 aliphatic heterocycles. The summed E-state index contributed by atoms with van der Waals surface area (Å²) in [5.74, 6) is 0.161. The van der Waals surface area contributed by atoms with Crippen LogP contribution in [0.5, 0.6) is 11.5 Å². The third kappa shape index (κ3) is 4.08. The van der Waals surface area contributed by atoms with Gasteiger partial charge in [0.1, 0.15) is 11.5 Å². The van der Waals surface area contributed by atoms with Crippen molar-refractivity contribution in [3.63, 3.8) is 0 Å². The molecular weight excluding hydrogens is 380 g/mol. The van der Waals surface area contributed by atoms with Gasteiger partial charge in [0, 0.05) is 28.6 Å². The molecule has 0 atom stereocenters. The molecule has 0 aliphatic carbocycles. The standard InChI is InChI=1S/C24H26N2O4/c1-14-19(9-6-10-20(14)27)26-23(29)17-12-15(16-8-7-11-25-22(16)28)13-18(21(17)30-5)24(2,3)4/h6-13,27H,1-5H3,(H,25,28)(H,26,29). The van der Waals surface area contributed by atoms with Crippen molar-refractivity contribution >= 4 is 11.6 Å². The molecule has 6 heteroatoms. The smallest absolute Gasteiger partial charge is 0.259 e. The number of aromatic amines is 1. The largest absolute Gasteiger partial charge is 0.508 e. The highest BCUT2D eigenvalue weighted by atomic mass is 16.5. The van der Waals surface area contributed by atoms with Crippen LogP contribution < -0.4 is 15.6 Å². The Hall–Kier alpha value is -3.54. The van der Waals surface area contributed by atoms with Crippen LogP contribution >= 0.6 is 0 Å². The van der Waals surface area contributed by atoms with Gasteiger partial charge < -0.3 is 20.1 Å². The van der Waals surface area contributed by atoms with Gasteiger partial charge in [0.05, 0.1) is 12.7 Å². The molecule has 1 aromatic heterocycles. The fourth-order valence-electron chi connectivity index (χ4n) is 3.33. The number of ether oxygens (including phenoxy) is 1. The number of amides is 1. The number of carbonyl (C=O) groups is 1. The van der Waals surface area contributed by atoms with Crippen molar-refractivity contribution in [2.45, 2.75) is 33.1 Å². The molecule has 1 amide bonds. The molecule has 0 saturated heterocycles. The van der Waals surface area contributed by atoms with Crippen LogP contribution in [0.25, 0.3) is 11.1 Å². The number of rotatable bonds is 4. The summed E-state index contributed by atoms with van der Waals surface area (Å²) in [4.78, 5) is 28.3. The van der Waals surface area contributed by atoms with Gasteiger partial charge in [0.25, 0.3) is 11.5 Å². The number of benzene rings is 2. The number of aromatic hydroxyl groups is 1. The van der Waals surface area contributed by atoms with Crippen LogP contribution in [0.2, 0.25) is 0 Å². The van der Waals surface area contributed by atoms with Crippen molar-refractivity contribution in [2.75, 3.05) is 12.4 Å². The Bertz CT molecular complexity index is 1160. The minimum atomic E-state index is -0.389. The normalized spacial score (nSPS) is 11.2. The minimum absolute atomic E-state index is 0.0970. The third-order valence-electron chi connectivity index (χ3n) is 5.03. The first-order valence-electron chi connectivity index (χ1n) is 9.64. The van der Waals surface area contributed by atoms with Crippen LogP contribution in [0.1, 0.15) is 42.3 Å². The van der Waals surface area contributed by atoms with Gasteiger partial charge in [-0.05, 0) is 54.3 Å². The summed E-state index contributed by atoms with van der Waals surface area (Å²) in [7, 11) is 1.52. The summed E-state index contributed by atoms with van der Waals surface area (Å²) in [6.07, 6.45) is 1.57. The molecule has 0 unspecified atom stereocenters. The SMILES string of the molecule is COc1c(C(=O)Nc2cccc(O)c2C)cc(-c2ccc[nH]c2=O)cc1C(C)(C)C. The molecule has 3 N–H and O–H groups in total. The highest BCUT2D eigenvalue weighted by Crippen LogP contribution is 2.38. The molecule has 0 fully saturated rings. The van der Waals surface area contributed by atoms with Gasteiger partial charge in [0.2, 0.25) is 0 Å². The molecule has 1 heterocycles. The van der Waals surface area contributed by atoms with Crippen LogP contribution in [0.15, 0.2) is 53.5 Å². The molecule has 0 aliphatic rings. The Morgan fingerprint density at radius 1 is 1.13 bits per heavy atom. The fourth-order valence-corrected chi connectivity index (χ4v) is 3.33. The summed E-state index contributed by atoms with van der Waals surface area (Å²) < 4.78 is 5.64. The maximum absolute atomic E-state index is 13.2. The zero-order chi connectivity index (χ0) is 22.1. The molecule has 30 heavy (non-hydrogen) atoms. The number of hydrogen-bond acceptors (Lipinski definition) is 4. The van der Waals surface area contributed by atoms with E-state index in [0.29, 0.717) is 33.7 Å². The van der Waals surface area contributed by atoms with E-state index >= 15 is 0 Å². The topological polar surface area (TPSA) is 91.4 Å². The van der Waals surface area contributed by atoms with Gasteiger partial charge in [-0.15, -0.1) is 0 Å². The number of pyridine rings is 1. The number of phenols is 1. The number of anilines is 1. The second-order valence-electron chi connectivity index (χ2n) is 8.17. The van der Waals surface area contributed by atoms with E-state index in [1.807, 2.05) is 26.8 Å². The summed E-state index contributed by atoms with van der Waals surface area (Å²) in [5.41, 5.74) is 2.71. The monoisotopic (exact) mass is 406 g/mol. The maximum atomic E-state index is 13.2. The lowest BCUT2D eigenvalue weighted by Crippen LogP contribution is -2.19. The number of methoxy groups -OCH3 is 1. The van der Waals surface area contributed by atoms with E-state index in [0.717, 1.165) is 5.56 Å². The maximum Gasteiger partial charge on any atom is 0.259 e. The third-order valence-corrected chi connectivity index (χ3v) is 5.03. The van der Waals surface area contributed by atoms with E-state index in [4.69, 9.17) is 4.74 Å². The Morgan fingerprint density at radius 3 is 2.50 bits per heavy atom. The lowest BCUT2D eigenvalue weighted by molar-refractivity contribution is 0.102. The summed E-state index contributed by atoms with van der Waals surface area (Å²) in [5, 5.41) is 12.8. The molecule has 0 saturated carbocycles. The van der Waals surface area contributed by atoms with E-state index < -0.39 is 0 Å². The Morgan fingerprint density at radius 2 is 1.87 bits per heavy atom. The number of nitrogens with one attached hydrogen (secondary N) is 2. The second-order valence-corrected chi connectivity index (χ2v) is 8.17. The number of H-pyrrole nitrogens is 1. The van der Waals surface area contributed by atoms with Crippen molar-refractivity contribution < 1.29 is 14.6 Å². The Kier molecular flexibility index (Phi) is 5.69. The lowest BCUT2D eigenvalue weighted by atomic mass is 9.83. The van der Waals surface area contributed by atoms with Crippen LogP contribution in [0.4, 0.5) is 5.69 Å². The van der Waals surface area contributed by atoms with E-state index in [-0.39, 0.29) is 22.6 Å². The average molecular weight is 406 g/mol. The Labute approximate surface area is 175 Å². The van der Waals surface area contributed by atoms with Gasteiger partial charge in [-0.1, -0.05) is 26.8 Å². The molecular formula is C24H26N2O4. The first-order chi connectivity index (χ1) is 14.1. The van der Waals surface area contributed by atoms with Crippen molar-refractivity contribution in [1.82, 2.24) is 4.98 Å². The van der Waals surface area contributed by atoms with E-state index in [1.54, 1.807) is 49.5 Å².